The average molecular weight is 258 g/mol. The van der Waals surface area contributed by atoms with Crippen LogP contribution in [0.4, 0.5) is 0 Å². The Labute approximate surface area is 113 Å². The van der Waals surface area contributed by atoms with E-state index in [-0.39, 0.29) is 17.9 Å². The van der Waals surface area contributed by atoms with E-state index in [0.29, 0.717) is 13.0 Å². The maximum absolute atomic E-state index is 12.4. The molecule has 1 aliphatic heterocycles. The molecule has 2 amide bonds. The maximum atomic E-state index is 12.4. The maximum Gasteiger partial charge on any atom is 0.253 e. The molecule has 0 bridgehead atoms. The molecular formula is C15H18N2O2. The lowest BCUT2D eigenvalue weighted by Gasteiger charge is -2.26. The largest absolute Gasteiger partial charge is 0.298 e. The fraction of sp³-hybridized carbons (Fsp3) is 0.333. The molecule has 1 heterocycles. The first kappa shape index (κ1) is 13.5. The second-order valence-corrected chi connectivity index (χ2v) is 4.87. The normalized spacial score (nSPS) is 19.9. The van der Waals surface area contributed by atoms with E-state index in [0.717, 1.165) is 5.56 Å². The summed E-state index contributed by atoms with van der Waals surface area (Å²) in [4.78, 5) is 27.6. The van der Waals surface area contributed by atoms with E-state index >= 15 is 0 Å². The van der Waals surface area contributed by atoms with Gasteiger partial charge in [-0.2, -0.15) is 0 Å². The smallest absolute Gasteiger partial charge is 0.253 e. The minimum atomic E-state index is -0.272. The zero-order valence-electron chi connectivity index (χ0n) is 11.2. The predicted octanol–water partition coefficient (Wildman–Crippen LogP) is 1.43. The quantitative estimate of drug-likeness (QED) is 0.770. The molecule has 4 heteroatoms. The van der Waals surface area contributed by atoms with E-state index in [2.05, 4.69) is 0 Å². The van der Waals surface area contributed by atoms with Crippen molar-refractivity contribution in [3.8, 4) is 0 Å². The first-order chi connectivity index (χ1) is 9.09. The lowest BCUT2D eigenvalue weighted by Crippen LogP contribution is -2.46. The molecule has 0 saturated carbocycles. The molecule has 0 radical (unpaired) electrons. The fourth-order valence-electron chi connectivity index (χ4n) is 2.13. The van der Waals surface area contributed by atoms with Gasteiger partial charge >= 0.3 is 0 Å². The standard InChI is InChI=1S/C15H18N2O2/c1-16(2)13-9-6-10-14(18)17(15(13)19)11-12-7-4-3-5-8-12/h3-8,10,13H,9,11H2,1-2H3. The molecule has 1 atom stereocenters. The van der Waals surface area contributed by atoms with Crippen molar-refractivity contribution in [1.82, 2.24) is 9.80 Å². The van der Waals surface area contributed by atoms with E-state index in [9.17, 15) is 9.59 Å². The molecule has 0 spiro atoms. The number of nitrogens with zero attached hydrogens (tertiary/aromatic N) is 2. The summed E-state index contributed by atoms with van der Waals surface area (Å²) in [6.45, 7) is 0.327. The number of hydrogen-bond donors (Lipinski definition) is 0. The van der Waals surface area contributed by atoms with Crippen LogP contribution in [-0.4, -0.2) is 41.8 Å². The Morgan fingerprint density at radius 1 is 1.21 bits per heavy atom. The number of likely N-dealkylation sites (N-methyl/N-ethyl adjacent to an activating group) is 1. The zero-order valence-corrected chi connectivity index (χ0v) is 11.2. The van der Waals surface area contributed by atoms with Crippen molar-refractivity contribution in [3.63, 3.8) is 0 Å². The van der Waals surface area contributed by atoms with Crippen molar-refractivity contribution < 1.29 is 9.59 Å². The molecule has 1 aromatic rings. The molecule has 0 saturated heterocycles. The van der Waals surface area contributed by atoms with Crippen LogP contribution in [-0.2, 0) is 16.1 Å². The van der Waals surface area contributed by atoms with Gasteiger partial charge in [-0.15, -0.1) is 0 Å². The van der Waals surface area contributed by atoms with Crippen molar-refractivity contribution in [3.05, 3.63) is 48.0 Å². The molecular weight excluding hydrogens is 240 g/mol. The molecule has 0 fully saturated rings. The molecule has 1 aromatic carbocycles. The van der Waals surface area contributed by atoms with Gasteiger partial charge < -0.3 is 0 Å². The Bertz CT molecular complexity index is 494. The number of carbonyl (C=O) groups is 2. The number of hydrogen-bond acceptors (Lipinski definition) is 3. The van der Waals surface area contributed by atoms with Gasteiger partial charge in [0.15, 0.2) is 0 Å². The van der Waals surface area contributed by atoms with Crippen LogP contribution in [0.25, 0.3) is 0 Å². The summed E-state index contributed by atoms with van der Waals surface area (Å²) in [7, 11) is 3.71. The molecule has 19 heavy (non-hydrogen) atoms. The summed E-state index contributed by atoms with van der Waals surface area (Å²) in [5.41, 5.74) is 0.956. The molecule has 0 aromatic heterocycles. The Balaban J connectivity index is 2.23. The van der Waals surface area contributed by atoms with Crippen LogP contribution < -0.4 is 0 Å². The number of benzene rings is 1. The highest BCUT2D eigenvalue weighted by atomic mass is 16.2. The third kappa shape index (κ3) is 3.09. The van der Waals surface area contributed by atoms with Gasteiger partial charge in [-0.25, -0.2) is 0 Å². The van der Waals surface area contributed by atoms with Crippen molar-refractivity contribution >= 4 is 11.8 Å². The van der Waals surface area contributed by atoms with E-state index in [4.69, 9.17) is 0 Å². The van der Waals surface area contributed by atoms with Gasteiger partial charge in [-0.3, -0.25) is 19.4 Å². The van der Waals surface area contributed by atoms with Crippen LogP contribution in [0.5, 0.6) is 0 Å². The summed E-state index contributed by atoms with van der Waals surface area (Å²) >= 11 is 0. The second-order valence-electron chi connectivity index (χ2n) is 4.87. The van der Waals surface area contributed by atoms with Gasteiger partial charge in [0.05, 0.1) is 12.6 Å². The van der Waals surface area contributed by atoms with Crippen LogP contribution in [0.15, 0.2) is 42.5 Å². The van der Waals surface area contributed by atoms with Gasteiger partial charge in [0.25, 0.3) is 5.91 Å². The SMILES string of the molecule is CN(C)C1CC=CC(=O)N(Cc2ccccc2)C1=O. The van der Waals surface area contributed by atoms with E-state index in [1.165, 1.54) is 11.0 Å². The Kier molecular flexibility index (Phi) is 4.12. The summed E-state index contributed by atoms with van der Waals surface area (Å²) in [6, 6.07) is 9.28. The van der Waals surface area contributed by atoms with Crippen LogP contribution in [0.1, 0.15) is 12.0 Å². The number of amides is 2. The topological polar surface area (TPSA) is 40.6 Å². The summed E-state index contributed by atoms with van der Waals surface area (Å²) in [5.74, 6) is -0.373. The van der Waals surface area contributed by atoms with Crippen molar-refractivity contribution in [2.75, 3.05) is 14.1 Å². The highest BCUT2D eigenvalue weighted by molar-refractivity contribution is 6.03. The van der Waals surface area contributed by atoms with Crippen LogP contribution in [0.3, 0.4) is 0 Å². The highest BCUT2D eigenvalue weighted by Gasteiger charge is 2.30. The number of carbonyl (C=O) groups excluding carboxylic acids is 2. The lowest BCUT2D eigenvalue weighted by molar-refractivity contribution is -0.145. The monoisotopic (exact) mass is 258 g/mol. The van der Waals surface area contributed by atoms with Crippen LogP contribution in [0, 0.1) is 0 Å². The second kappa shape index (κ2) is 5.80. The summed E-state index contributed by atoms with van der Waals surface area (Å²) < 4.78 is 0. The Morgan fingerprint density at radius 2 is 1.89 bits per heavy atom. The molecule has 2 rings (SSSR count). The number of imide groups is 1. The molecule has 1 aliphatic rings. The Hall–Kier alpha value is -1.94. The summed E-state index contributed by atoms with van der Waals surface area (Å²) in [5, 5.41) is 0. The summed E-state index contributed by atoms with van der Waals surface area (Å²) in [6.07, 6.45) is 3.84. The zero-order chi connectivity index (χ0) is 13.8. The minimum Gasteiger partial charge on any atom is -0.298 e. The molecule has 1 unspecified atom stereocenters. The molecule has 4 nitrogen and oxygen atoms in total. The van der Waals surface area contributed by atoms with Gasteiger partial charge in [0, 0.05) is 0 Å². The number of rotatable bonds is 3. The fourth-order valence-corrected chi connectivity index (χ4v) is 2.13. The molecule has 0 N–H and O–H groups in total. The van der Waals surface area contributed by atoms with Crippen molar-refractivity contribution in [1.29, 1.82) is 0 Å². The van der Waals surface area contributed by atoms with Gasteiger partial charge in [0.1, 0.15) is 0 Å². The van der Waals surface area contributed by atoms with Gasteiger partial charge in [0.2, 0.25) is 5.91 Å². The lowest BCUT2D eigenvalue weighted by atomic mass is 10.1. The van der Waals surface area contributed by atoms with Crippen LogP contribution in [0.2, 0.25) is 0 Å². The molecule has 0 aliphatic carbocycles. The van der Waals surface area contributed by atoms with Gasteiger partial charge in [-0.05, 0) is 32.2 Å². The van der Waals surface area contributed by atoms with Crippen LogP contribution >= 0.6 is 0 Å². The van der Waals surface area contributed by atoms with Gasteiger partial charge in [-0.1, -0.05) is 36.4 Å². The van der Waals surface area contributed by atoms with E-state index < -0.39 is 0 Å². The third-order valence-corrected chi connectivity index (χ3v) is 3.24. The van der Waals surface area contributed by atoms with Crippen molar-refractivity contribution in [2.24, 2.45) is 0 Å². The average Bonchev–Trinajstić information content (AvgIpc) is 2.53. The predicted molar refractivity (Wildman–Crippen MR) is 73.2 cm³/mol. The third-order valence-electron chi connectivity index (χ3n) is 3.24. The van der Waals surface area contributed by atoms with E-state index in [1.54, 1.807) is 6.08 Å². The highest BCUT2D eigenvalue weighted by Crippen LogP contribution is 2.14. The molecule has 100 valence electrons. The minimum absolute atomic E-state index is 0.135. The first-order valence-corrected chi connectivity index (χ1v) is 6.32. The van der Waals surface area contributed by atoms with E-state index in [1.807, 2.05) is 49.3 Å². The Morgan fingerprint density at radius 3 is 2.53 bits per heavy atom. The van der Waals surface area contributed by atoms with Crippen molar-refractivity contribution in [2.45, 2.75) is 19.0 Å². The first-order valence-electron chi connectivity index (χ1n) is 6.32.